The van der Waals surface area contributed by atoms with Crippen molar-refractivity contribution < 1.29 is 9.90 Å². The van der Waals surface area contributed by atoms with Crippen molar-refractivity contribution in [3.05, 3.63) is 53.3 Å². The summed E-state index contributed by atoms with van der Waals surface area (Å²) in [7, 11) is 0. The van der Waals surface area contributed by atoms with Crippen molar-refractivity contribution in [2.45, 2.75) is 13.2 Å². The highest BCUT2D eigenvalue weighted by molar-refractivity contribution is 6.33. The van der Waals surface area contributed by atoms with E-state index in [4.69, 9.17) is 16.7 Å². The molecule has 0 unspecified atom stereocenters. The van der Waals surface area contributed by atoms with E-state index in [0.717, 1.165) is 0 Å². The number of rotatable bonds is 4. The number of amides is 1. The highest BCUT2D eigenvalue weighted by Gasteiger charge is 2.07. The van der Waals surface area contributed by atoms with Gasteiger partial charge in [0.1, 0.15) is 6.54 Å². The van der Waals surface area contributed by atoms with Gasteiger partial charge < -0.3 is 15.0 Å². The van der Waals surface area contributed by atoms with E-state index in [1.807, 2.05) is 0 Å². The van der Waals surface area contributed by atoms with Gasteiger partial charge in [0.05, 0.1) is 17.3 Å². The van der Waals surface area contributed by atoms with E-state index in [2.05, 4.69) is 5.32 Å². The van der Waals surface area contributed by atoms with E-state index in [1.54, 1.807) is 47.2 Å². The number of aromatic nitrogens is 1. The zero-order valence-electron chi connectivity index (χ0n) is 9.64. The first-order valence-electron chi connectivity index (χ1n) is 5.50. The van der Waals surface area contributed by atoms with Crippen LogP contribution < -0.4 is 5.32 Å². The standard InChI is InChI=1S/C13H13ClN2O2/c14-11-5-1-2-6-12(11)15-13(18)8-16-7-3-4-10(16)9-17/h1-7,17H,8-9H2,(H,15,18). The van der Waals surface area contributed by atoms with Crippen LogP contribution in [0.25, 0.3) is 0 Å². The third-order valence-corrected chi connectivity index (χ3v) is 2.88. The molecule has 4 nitrogen and oxygen atoms in total. The van der Waals surface area contributed by atoms with E-state index < -0.39 is 0 Å². The average molecular weight is 265 g/mol. The summed E-state index contributed by atoms with van der Waals surface area (Å²) in [6, 6.07) is 10.6. The molecule has 0 atom stereocenters. The minimum Gasteiger partial charge on any atom is -0.390 e. The summed E-state index contributed by atoms with van der Waals surface area (Å²) in [5.41, 5.74) is 1.28. The first-order valence-corrected chi connectivity index (χ1v) is 5.88. The molecule has 0 aliphatic heterocycles. The molecule has 1 aromatic carbocycles. The summed E-state index contributed by atoms with van der Waals surface area (Å²) >= 11 is 5.95. The Bertz CT molecular complexity index is 551. The normalized spacial score (nSPS) is 10.3. The van der Waals surface area contributed by atoms with Crippen molar-refractivity contribution in [1.29, 1.82) is 0 Å². The quantitative estimate of drug-likeness (QED) is 0.890. The smallest absolute Gasteiger partial charge is 0.244 e. The molecule has 18 heavy (non-hydrogen) atoms. The Balaban J connectivity index is 2.04. The summed E-state index contributed by atoms with van der Waals surface area (Å²) in [5.74, 6) is -0.186. The second-order valence-electron chi connectivity index (χ2n) is 3.81. The SMILES string of the molecule is O=C(Cn1cccc1CO)Nc1ccccc1Cl. The minimum absolute atomic E-state index is 0.0909. The van der Waals surface area contributed by atoms with Crippen LogP contribution in [0.15, 0.2) is 42.6 Å². The van der Waals surface area contributed by atoms with Crippen LogP contribution in [0.2, 0.25) is 5.02 Å². The summed E-state index contributed by atoms with van der Waals surface area (Å²) < 4.78 is 1.69. The van der Waals surface area contributed by atoms with Gasteiger partial charge in [-0.3, -0.25) is 4.79 Å². The van der Waals surface area contributed by atoms with Crippen molar-refractivity contribution in [2.24, 2.45) is 0 Å². The van der Waals surface area contributed by atoms with Crippen molar-refractivity contribution in [1.82, 2.24) is 4.57 Å². The number of carbonyl (C=O) groups is 1. The lowest BCUT2D eigenvalue weighted by molar-refractivity contribution is -0.116. The first-order chi connectivity index (χ1) is 8.70. The molecule has 0 radical (unpaired) electrons. The number of benzene rings is 1. The fraction of sp³-hybridized carbons (Fsp3) is 0.154. The second-order valence-corrected chi connectivity index (χ2v) is 4.22. The monoisotopic (exact) mass is 264 g/mol. The van der Waals surface area contributed by atoms with Crippen molar-refractivity contribution >= 4 is 23.2 Å². The fourth-order valence-corrected chi connectivity index (χ4v) is 1.84. The molecule has 0 saturated carbocycles. The van der Waals surface area contributed by atoms with Gasteiger partial charge in [0.25, 0.3) is 0 Å². The van der Waals surface area contributed by atoms with Gasteiger partial charge in [0.15, 0.2) is 0 Å². The van der Waals surface area contributed by atoms with E-state index >= 15 is 0 Å². The Morgan fingerprint density at radius 1 is 1.28 bits per heavy atom. The van der Waals surface area contributed by atoms with E-state index in [9.17, 15) is 4.79 Å². The maximum Gasteiger partial charge on any atom is 0.244 e. The molecule has 5 heteroatoms. The Morgan fingerprint density at radius 3 is 2.78 bits per heavy atom. The molecule has 94 valence electrons. The maximum atomic E-state index is 11.8. The Hall–Kier alpha value is -1.78. The van der Waals surface area contributed by atoms with Crippen LogP contribution in [0, 0.1) is 0 Å². The number of anilines is 1. The molecule has 2 N–H and O–H groups in total. The number of hydrogen-bond donors (Lipinski definition) is 2. The number of nitrogens with one attached hydrogen (secondary N) is 1. The summed E-state index contributed by atoms with van der Waals surface area (Å²) in [4.78, 5) is 11.8. The number of aliphatic hydroxyl groups is 1. The summed E-state index contributed by atoms with van der Waals surface area (Å²) in [6.45, 7) is 0.0560. The molecule has 1 aromatic heterocycles. The van der Waals surface area contributed by atoms with Crippen LogP contribution in [0.1, 0.15) is 5.69 Å². The third kappa shape index (κ3) is 2.91. The number of hydrogen-bond acceptors (Lipinski definition) is 2. The van der Waals surface area contributed by atoms with Crippen LogP contribution in [-0.4, -0.2) is 15.6 Å². The number of carbonyl (C=O) groups excluding carboxylic acids is 1. The molecular formula is C13H13ClN2O2. The zero-order chi connectivity index (χ0) is 13.0. The van der Waals surface area contributed by atoms with Crippen LogP contribution in [0.4, 0.5) is 5.69 Å². The van der Waals surface area contributed by atoms with Gasteiger partial charge in [0.2, 0.25) is 5.91 Å². The molecule has 1 amide bonds. The van der Waals surface area contributed by atoms with Crippen molar-refractivity contribution in [3.8, 4) is 0 Å². The van der Waals surface area contributed by atoms with Crippen molar-refractivity contribution in [3.63, 3.8) is 0 Å². The Labute approximate surface area is 110 Å². The molecule has 2 aromatic rings. The number of para-hydroxylation sites is 1. The predicted octanol–water partition coefficient (Wildman–Crippen LogP) is 2.27. The van der Waals surface area contributed by atoms with Crippen LogP contribution >= 0.6 is 11.6 Å². The van der Waals surface area contributed by atoms with E-state index in [1.165, 1.54) is 0 Å². The maximum absolute atomic E-state index is 11.8. The van der Waals surface area contributed by atoms with Gasteiger partial charge in [-0.2, -0.15) is 0 Å². The molecule has 0 bridgehead atoms. The summed E-state index contributed by atoms with van der Waals surface area (Å²) in [6.07, 6.45) is 1.75. The molecule has 2 rings (SSSR count). The average Bonchev–Trinajstić information content (AvgIpc) is 2.79. The lowest BCUT2D eigenvalue weighted by atomic mass is 10.3. The predicted molar refractivity (Wildman–Crippen MR) is 70.4 cm³/mol. The van der Waals surface area contributed by atoms with Crippen LogP contribution in [-0.2, 0) is 17.9 Å². The molecule has 0 fully saturated rings. The molecule has 1 heterocycles. The lowest BCUT2D eigenvalue weighted by Gasteiger charge is -2.09. The second kappa shape index (κ2) is 5.71. The van der Waals surface area contributed by atoms with Crippen LogP contribution in [0.3, 0.4) is 0 Å². The number of aliphatic hydroxyl groups excluding tert-OH is 1. The molecular weight excluding hydrogens is 252 g/mol. The number of halogens is 1. The topological polar surface area (TPSA) is 54.3 Å². The lowest BCUT2D eigenvalue weighted by Crippen LogP contribution is -2.19. The molecule has 0 aliphatic rings. The van der Waals surface area contributed by atoms with Gasteiger partial charge in [-0.25, -0.2) is 0 Å². The largest absolute Gasteiger partial charge is 0.390 e. The van der Waals surface area contributed by atoms with Gasteiger partial charge in [0, 0.05) is 11.9 Å². The Morgan fingerprint density at radius 2 is 2.06 bits per heavy atom. The fourth-order valence-electron chi connectivity index (χ4n) is 1.65. The highest BCUT2D eigenvalue weighted by Crippen LogP contribution is 2.20. The molecule has 0 aliphatic carbocycles. The van der Waals surface area contributed by atoms with Gasteiger partial charge in [-0.05, 0) is 24.3 Å². The Kier molecular flexibility index (Phi) is 4.02. The van der Waals surface area contributed by atoms with Gasteiger partial charge in [-0.15, -0.1) is 0 Å². The molecule has 0 saturated heterocycles. The summed E-state index contributed by atoms with van der Waals surface area (Å²) in [5, 5.41) is 12.3. The first kappa shape index (κ1) is 12.7. The van der Waals surface area contributed by atoms with Crippen molar-refractivity contribution in [2.75, 3.05) is 5.32 Å². The highest BCUT2D eigenvalue weighted by atomic mass is 35.5. The van der Waals surface area contributed by atoms with E-state index in [0.29, 0.717) is 16.4 Å². The number of nitrogens with zero attached hydrogens (tertiary/aromatic N) is 1. The van der Waals surface area contributed by atoms with E-state index in [-0.39, 0.29) is 19.1 Å². The third-order valence-electron chi connectivity index (χ3n) is 2.55. The van der Waals surface area contributed by atoms with Crippen LogP contribution in [0.5, 0.6) is 0 Å². The molecule has 0 spiro atoms. The van der Waals surface area contributed by atoms with Gasteiger partial charge in [-0.1, -0.05) is 23.7 Å². The van der Waals surface area contributed by atoms with Gasteiger partial charge >= 0.3 is 0 Å². The minimum atomic E-state index is -0.186. The zero-order valence-corrected chi connectivity index (χ0v) is 10.4.